The molecule has 6 aliphatic rings. The van der Waals surface area contributed by atoms with Crippen LogP contribution in [0.3, 0.4) is 0 Å². The number of carbonyl (C=O) groups excluding carboxylic acids is 5. The lowest BCUT2D eigenvalue weighted by Crippen LogP contribution is -2.54. The van der Waals surface area contributed by atoms with Crippen LogP contribution in [0.15, 0.2) is 41.9 Å². The number of ether oxygens (including phenoxy) is 1. The zero-order valence-electron chi connectivity index (χ0n) is 35.0. The number of fused-ring (bicyclic) bond motifs is 2. The molecule has 0 radical (unpaired) electrons. The molecule has 5 amide bonds. The van der Waals surface area contributed by atoms with Crippen LogP contribution in [0, 0.1) is 17.3 Å². The summed E-state index contributed by atoms with van der Waals surface area (Å²) in [5.41, 5.74) is 2.00. The Balaban J connectivity index is 0.685. The Morgan fingerprint density at radius 1 is 0.937 bits per heavy atom. The number of likely N-dealkylation sites (tertiary alicyclic amines) is 1. The number of piperidine rings is 2. The third-order valence-corrected chi connectivity index (χ3v) is 15.3. The second kappa shape index (κ2) is 17.0. The van der Waals surface area contributed by atoms with Gasteiger partial charge < -0.3 is 25.2 Å². The van der Waals surface area contributed by atoms with Crippen molar-refractivity contribution in [1.82, 2.24) is 29.9 Å². The van der Waals surface area contributed by atoms with Crippen LogP contribution >= 0.6 is 11.3 Å². The Kier molecular flexibility index (Phi) is 11.2. The maximum Gasteiger partial charge on any atom is 0.284 e. The van der Waals surface area contributed by atoms with Gasteiger partial charge in [-0.15, -0.1) is 11.3 Å². The van der Waals surface area contributed by atoms with Gasteiger partial charge in [-0.05, 0) is 112 Å². The van der Waals surface area contributed by atoms with Crippen molar-refractivity contribution in [3.05, 3.63) is 64.3 Å². The minimum Gasteiger partial charge on any atom is -0.384 e. The maximum absolute atomic E-state index is 14.3. The molecule has 63 heavy (non-hydrogen) atoms. The van der Waals surface area contributed by atoms with E-state index in [1.165, 1.54) is 11.3 Å². The van der Waals surface area contributed by atoms with Crippen LogP contribution in [-0.4, -0.2) is 113 Å². The number of alkyl halides is 2. The molecule has 1 atom stereocenters. The molecule has 1 aromatic carbocycles. The zero-order valence-corrected chi connectivity index (χ0v) is 35.8. The average Bonchev–Trinajstić information content (AvgIpc) is 3.97. The number of benzene rings is 1. The van der Waals surface area contributed by atoms with E-state index in [4.69, 9.17) is 9.72 Å². The number of nitrogens with zero attached hydrogens (tertiary/aromatic N) is 6. The number of hydrogen-bond donors (Lipinski definition) is 3. The van der Waals surface area contributed by atoms with Crippen molar-refractivity contribution in [2.75, 3.05) is 68.0 Å². The lowest BCUT2D eigenvalue weighted by atomic mass is 9.57. The van der Waals surface area contributed by atoms with E-state index >= 15 is 0 Å². The SMILES string of the molecule is O=C1CCC(N2C(=O)c3cccc(NCC4CC5(CCN(CC6CCC(n7cc(NC(=O)c8csc9ccc(N%10CCOCC%10)nc89)c(C(F)F)n7)CC6)CC5)C4)c3C2=O)C(=O)N1. The molecule has 332 valence electrons. The number of rotatable bonds is 11. The molecule has 7 heterocycles. The van der Waals surface area contributed by atoms with Crippen LogP contribution in [0.4, 0.5) is 26.0 Å². The molecule has 2 aliphatic carbocycles. The summed E-state index contributed by atoms with van der Waals surface area (Å²) in [5.74, 6) is -0.785. The summed E-state index contributed by atoms with van der Waals surface area (Å²) >= 11 is 1.40. The summed E-state index contributed by atoms with van der Waals surface area (Å²) in [5, 5.41) is 14.5. The number of aromatic nitrogens is 3. The number of anilines is 3. The standard InChI is InChI=1S/C45H51F2N9O6S/c46-40(47)39-32(49-41(58)30-25-63-34-9-10-35(50-38(30)34)54-16-18-62-19-17-54)24-55(52-39)28-6-4-26(5-7-28)23-53-14-12-45(13-15-53)20-27(21-45)22-48-31-3-1-2-29-37(31)44(61)56(43(29)60)33-8-11-36(57)51-42(33)59/h1-3,9-10,24-28,33,40,48H,4-8,11-23H2,(H,49,58)(H,51,57,59). The minimum atomic E-state index is -2.84. The van der Waals surface area contributed by atoms with Crippen LogP contribution in [0.2, 0.25) is 0 Å². The van der Waals surface area contributed by atoms with E-state index in [1.807, 2.05) is 12.1 Å². The van der Waals surface area contributed by atoms with Crippen LogP contribution in [0.5, 0.6) is 0 Å². The summed E-state index contributed by atoms with van der Waals surface area (Å²) in [6, 6.07) is 8.03. The summed E-state index contributed by atoms with van der Waals surface area (Å²) in [6.07, 6.45) is 7.03. The van der Waals surface area contributed by atoms with E-state index in [-0.39, 0.29) is 30.1 Å². The molecule has 3 aromatic heterocycles. The van der Waals surface area contributed by atoms with Gasteiger partial charge in [-0.2, -0.15) is 5.10 Å². The molecule has 1 unspecified atom stereocenters. The Morgan fingerprint density at radius 3 is 2.46 bits per heavy atom. The van der Waals surface area contributed by atoms with E-state index in [2.05, 4.69) is 30.8 Å². The lowest BCUT2D eigenvalue weighted by molar-refractivity contribution is -0.136. The summed E-state index contributed by atoms with van der Waals surface area (Å²) in [6.45, 7) is 6.43. The third kappa shape index (κ3) is 8.09. The number of morpholine rings is 1. The van der Waals surface area contributed by atoms with Gasteiger partial charge in [-0.3, -0.25) is 38.9 Å². The molecule has 15 nitrogen and oxygen atoms in total. The second-order valence-electron chi connectivity index (χ2n) is 18.2. The Labute approximate surface area is 366 Å². The number of pyridine rings is 1. The van der Waals surface area contributed by atoms with E-state index in [9.17, 15) is 32.8 Å². The van der Waals surface area contributed by atoms with Crippen molar-refractivity contribution in [1.29, 1.82) is 0 Å². The first kappa shape index (κ1) is 41.7. The van der Waals surface area contributed by atoms with Crippen molar-refractivity contribution in [2.45, 2.75) is 82.7 Å². The van der Waals surface area contributed by atoms with Gasteiger partial charge in [0.05, 0.1) is 51.8 Å². The van der Waals surface area contributed by atoms with E-state index in [0.717, 1.165) is 86.4 Å². The normalized spacial score (nSPS) is 24.3. The molecule has 0 bridgehead atoms. The van der Waals surface area contributed by atoms with Gasteiger partial charge in [-0.25, -0.2) is 13.8 Å². The molecular formula is C45H51F2N9O6S. The number of amides is 5. The fourth-order valence-corrected chi connectivity index (χ4v) is 11.8. The fourth-order valence-electron chi connectivity index (χ4n) is 10.9. The number of carbonyl (C=O) groups is 5. The zero-order chi connectivity index (χ0) is 43.4. The van der Waals surface area contributed by atoms with Crippen molar-refractivity contribution >= 4 is 68.3 Å². The van der Waals surface area contributed by atoms with E-state index < -0.39 is 47.7 Å². The number of halogens is 2. The summed E-state index contributed by atoms with van der Waals surface area (Å²) in [4.78, 5) is 75.0. The number of thiophene rings is 1. The van der Waals surface area contributed by atoms with Gasteiger partial charge in [0.15, 0.2) is 5.69 Å². The summed E-state index contributed by atoms with van der Waals surface area (Å²) in [7, 11) is 0. The topological polar surface area (TPSA) is 171 Å². The first-order valence-electron chi connectivity index (χ1n) is 22.2. The molecule has 3 saturated heterocycles. The first-order chi connectivity index (χ1) is 30.5. The smallest absolute Gasteiger partial charge is 0.284 e. The highest BCUT2D eigenvalue weighted by Gasteiger charge is 2.48. The predicted molar refractivity (Wildman–Crippen MR) is 231 cm³/mol. The number of imide groups is 2. The highest BCUT2D eigenvalue weighted by atomic mass is 32.1. The number of hydrogen-bond acceptors (Lipinski definition) is 12. The molecular weight excluding hydrogens is 833 g/mol. The van der Waals surface area contributed by atoms with Crippen LogP contribution in [0.1, 0.15) is 113 Å². The van der Waals surface area contributed by atoms with E-state index in [1.54, 1.807) is 34.5 Å². The van der Waals surface area contributed by atoms with Crippen LogP contribution < -0.4 is 20.9 Å². The Bertz CT molecular complexity index is 2440. The highest BCUT2D eigenvalue weighted by molar-refractivity contribution is 7.17. The monoisotopic (exact) mass is 883 g/mol. The molecule has 3 N–H and O–H groups in total. The average molecular weight is 884 g/mol. The molecule has 10 rings (SSSR count). The second-order valence-corrected chi connectivity index (χ2v) is 19.1. The number of nitrogens with one attached hydrogen (secondary N) is 3. The van der Waals surface area contributed by atoms with Gasteiger partial charge >= 0.3 is 0 Å². The fraction of sp³-hybridized carbons (Fsp3) is 0.533. The molecule has 5 fully saturated rings. The van der Waals surface area contributed by atoms with Gasteiger partial charge in [0.1, 0.15) is 11.9 Å². The third-order valence-electron chi connectivity index (χ3n) is 14.3. The predicted octanol–water partition coefficient (Wildman–Crippen LogP) is 6.26. The lowest BCUT2D eigenvalue weighted by Gasteiger charge is -2.53. The van der Waals surface area contributed by atoms with Gasteiger partial charge in [0, 0.05) is 49.9 Å². The molecule has 2 saturated carbocycles. The van der Waals surface area contributed by atoms with Crippen molar-refractivity contribution in [3.63, 3.8) is 0 Å². The van der Waals surface area contributed by atoms with Crippen molar-refractivity contribution in [2.24, 2.45) is 17.3 Å². The largest absolute Gasteiger partial charge is 0.384 e. The first-order valence-corrected chi connectivity index (χ1v) is 23.1. The Morgan fingerprint density at radius 2 is 1.71 bits per heavy atom. The molecule has 4 aliphatic heterocycles. The maximum atomic E-state index is 14.3. The minimum absolute atomic E-state index is 0.0194. The van der Waals surface area contributed by atoms with Crippen LogP contribution in [-0.2, 0) is 14.3 Å². The highest BCUT2D eigenvalue weighted by Crippen LogP contribution is 2.53. The van der Waals surface area contributed by atoms with Gasteiger partial charge in [0.25, 0.3) is 24.1 Å². The molecule has 1 spiro atoms. The van der Waals surface area contributed by atoms with E-state index in [0.29, 0.717) is 72.4 Å². The van der Waals surface area contributed by atoms with Crippen LogP contribution in [0.25, 0.3) is 10.2 Å². The van der Waals surface area contributed by atoms with Gasteiger partial charge in [0.2, 0.25) is 11.8 Å². The summed E-state index contributed by atoms with van der Waals surface area (Å²) < 4.78 is 36.5. The molecule has 18 heteroatoms. The van der Waals surface area contributed by atoms with Crippen molar-refractivity contribution in [3.8, 4) is 0 Å². The van der Waals surface area contributed by atoms with Crippen molar-refractivity contribution < 1.29 is 37.5 Å². The van der Waals surface area contributed by atoms with Gasteiger partial charge in [-0.1, -0.05) is 6.07 Å². The Hall–Kier alpha value is -5.33. The molecule has 4 aromatic rings. The quantitative estimate of drug-likeness (QED) is 0.145.